The average molecular weight is 213 g/mol. The van der Waals surface area contributed by atoms with Crippen LogP contribution < -0.4 is 11.5 Å². The van der Waals surface area contributed by atoms with Crippen molar-refractivity contribution >= 4 is 5.69 Å². The van der Waals surface area contributed by atoms with Gasteiger partial charge in [0.2, 0.25) is 0 Å². The SMILES string of the molecule is Nc1cc(F)c(-c2noc(=O)[nH]2)c(F)c1. The molecule has 0 radical (unpaired) electrons. The van der Waals surface area contributed by atoms with E-state index in [1.54, 1.807) is 0 Å². The Morgan fingerprint density at radius 3 is 2.40 bits per heavy atom. The lowest BCUT2D eigenvalue weighted by Gasteiger charge is -2.01. The lowest BCUT2D eigenvalue weighted by Crippen LogP contribution is -1.98. The van der Waals surface area contributed by atoms with Gasteiger partial charge >= 0.3 is 5.76 Å². The maximum atomic E-state index is 13.3. The number of anilines is 1. The van der Waals surface area contributed by atoms with Gasteiger partial charge in [-0.3, -0.25) is 9.51 Å². The van der Waals surface area contributed by atoms with Gasteiger partial charge in [0, 0.05) is 5.69 Å². The Morgan fingerprint density at radius 2 is 1.93 bits per heavy atom. The van der Waals surface area contributed by atoms with E-state index in [0.29, 0.717) is 0 Å². The topological polar surface area (TPSA) is 84.9 Å². The van der Waals surface area contributed by atoms with Crippen molar-refractivity contribution in [3.05, 3.63) is 34.3 Å². The smallest absolute Gasteiger partial charge is 0.399 e. The first kappa shape index (κ1) is 9.38. The number of aromatic nitrogens is 2. The van der Waals surface area contributed by atoms with Crippen molar-refractivity contribution in [1.29, 1.82) is 0 Å². The molecular weight excluding hydrogens is 208 g/mol. The quantitative estimate of drug-likeness (QED) is 0.689. The molecule has 2 rings (SSSR count). The highest BCUT2D eigenvalue weighted by atomic mass is 19.1. The first-order valence-corrected chi connectivity index (χ1v) is 3.89. The molecule has 78 valence electrons. The predicted octanol–water partition coefficient (Wildman–Crippen LogP) is 0.890. The zero-order valence-corrected chi connectivity index (χ0v) is 7.25. The molecule has 7 heteroatoms. The fourth-order valence-corrected chi connectivity index (χ4v) is 1.16. The van der Waals surface area contributed by atoms with Crippen molar-refractivity contribution in [2.24, 2.45) is 0 Å². The Morgan fingerprint density at radius 1 is 1.33 bits per heavy atom. The van der Waals surface area contributed by atoms with Crippen LogP contribution in [0.4, 0.5) is 14.5 Å². The van der Waals surface area contributed by atoms with Crippen molar-refractivity contribution in [2.45, 2.75) is 0 Å². The minimum atomic E-state index is -0.919. The molecule has 0 aliphatic carbocycles. The van der Waals surface area contributed by atoms with Gasteiger partial charge in [-0.05, 0) is 12.1 Å². The summed E-state index contributed by atoms with van der Waals surface area (Å²) in [5, 5.41) is 3.17. The first-order valence-electron chi connectivity index (χ1n) is 3.89. The molecule has 1 heterocycles. The molecule has 1 aromatic heterocycles. The normalized spacial score (nSPS) is 10.5. The van der Waals surface area contributed by atoms with Crippen LogP contribution in [-0.2, 0) is 0 Å². The van der Waals surface area contributed by atoms with Crippen LogP contribution in [0.1, 0.15) is 0 Å². The summed E-state index contributed by atoms with van der Waals surface area (Å²) in [6, 6.07) is 1.84. The molecule has 0 atom stereocenters. The van der Waals surface area contributed by atoms with E-state index in [9.17, 15) is 13.6 Å². The van der Waals surface area contributed by atoms with Crippen molar-refractivity contribution in [1.82, 2.24) is 10.1 Å². The molecule has 0 saturated carbocycles. The van der Waals surface area contributed by atoms with Crippen molar-refractivity contribution in [3.8, 4) is 11.4 Å². The number of nitrogen functional groups attached to an aromatic ring is 1. The van der Waals surface area contributed by atoms with E-state index in [2.05, 4.69) is 9.68 Å². The van der Waals surface area contributed by atoms with Gasteiger partial charge in [-0.1, -0.05) is 5.16 Å². The molecule has 5 nitrogen and oxygen atoms in total. The van der Waals surface area contributed by atoms with Crippen LogP contribution in [0, 0.1) is 11.6 Å². The number of hydrogen-bond donors (Lipinski definition) is 2. The Labute approximate surface area is 81.5 Å². The number of nitrogens with two attached hydrogens (primary N) is 1. The van der Waals surface area contributed by atoms with Gasteiger partial charge in [0.15, 0.2) is 5.82 Å². The van der Waals surface area contributed by atoms with Crippen LogP contribution in [0.25, 0.3) is 11.4 Å². The lowest BCUT2D eigenvalue weighted by molar-refractivity contribution is 0.387. The third-order valence-electron chi connectivity index (χ3n) is 1.74. The molecule has 1 aromatic carbocycles. The molecule has 0 bridgehead atoms. The molecule has 2 aromatic rings. The molecule has 0 saturated heterocycles. The minimum absolute atomic E-state index is 0.0559. The summed E-state index contributed by atoms with van der Waals surface area (Å²) in [5.41, 5.74) is 4.68. The monoisotopic (exact) mass is 213 g/mol. The number of benzene rings is 1. The second kappa shape index (κ2) is 3.19. The number of halogens is 2. The van der Waals surface area contributed by atoms with Crippen LogP contribution in [0.2, 0.25) is 0 Å². The summed E-state index contributed by atoms with van der Waals surface area (Å²) in [4.78, 5) is 12.6. The van der Waals surface area contributed by atoms with E-state index in [-0.39, 0.29) is 11.5 Å². The number of nitrogens with one attached hydrogen (secondary N) is 1. The predicted molar refractivity (Wildman–Crippen MR) is 46.9 cm³/mol. The van der Waals surface area contributed by atoms with Gasteiger partial charge in [-0.15, -0.1) is 0 Å². The third-order valence-corrected chi connectivity index (χ3v) is 1.74. The molecule has 0 aliphatic heterocycles. The Bertz CT molecular complexity index is 538. The van der Waals surface area contributed by atoms with Gasteiger partial charge in [0.25, 0.3) is 0 Å². The molecule has 0 amide bonds. The Kier molecular flexibility index (Phi) is 2.00. The summed E-state index contributed by atoms with van der Waals surface area (Å²) in [7, 11) is 0. The largest absolute Gasteiger partial charge is 0.439 e. The van der Waals surface area contributed by atoms with Crippen LogP contribution >= 0.6 is 0 Å². The van der Waals surface area contributed by atoms with Crippen molar-refractivity contribution in [3.63, 3.8) is 0 Å². The highest BCUT2D eigenvalue weighted by Gasteiger charge is 2.16. The van der Waals surface area contributed by atoms with Crippen molar-refractivity contribution < 1.29 is 13.3 Å². The standard InChI is InChI=1S/C8H5F2N3O2/c9-4-1-3(11)2-5(10)6(4)7-12-8(14)15-13-7/h1-2H,11H2,(H,12,13,14). The highest BCUT2D eigenvalue weighted by molar-refractivity contribution is 5.60. The number of aromatic amines is 1. The van der Waals surface area contributed by atoms with E-state index < -0.39 is 23.0 Å². The van der Waals surface area contributed by atoms with Gasteiger partial charge < -0.3 is 5.73 Å². The fraction of sp³-hybridized carbons (Fsp3) is 0. The lowest BCUT2D eigenvalue weighted by atomic mass is 10.1. The molecule has 0 fully saturated rings. The van der Waals surface area contributed by atoms with Gasteiger partial charge in [-0.2, -0.15) is 0 Å². The summed E-state index contributed by atoms with van der Waals surface area (Å²) < 4.78 is 30.7. The van der Waals surface area contributed by atoms with Crippen LogP contribution in [0.5, 0.6) is 0 Å². The fourth-order valence-electron chi connectivity index (χ4n) is 1.16. The summed E-state index contributed by atoms with van der Waals surface area (Å²) >= 11 is 0. The second-order valence-corrected chi connectivity index (χ2v) is 2.80. The summed E-state index contributed by atoms with van der Waals surface area (Å²) in [6.45, 7) is 0. The highest BCUT2D eigenvalue weighted by Crippen LogP contribution is 2.24. The average Bonchev–Trinajstić information content (AvgIpc) is 2.49. The molecule has 3 N–H and O–H groups in total. The van der Waals surface area contributed by atoms with Gasteiger partial charge in [0.05, 0.1) is 5.56 Å². The number of hydrogen-bond acceptors (Lipinski definition) is 4. The maximum absolute atomic E-state index is 13.3. The number of nitrogens with zero attached hydrogens (tertiary/aromatic N) is 1. The molecular formula is C8H5F2N3O2. The first-order chi connectivity index (χ1) is 7.08. The zero-order chi connectivity index (χ0) is 11.0. The Hall–Kier alpha value is -2.18. The van der Waals surface area contributed by atoms with Gasteiger partial charge in [0.1, 0.15) is 11.6 Å². The van der Waals surface area contributed by atoms with E-state index in [1.807, 2.05) is 4.98 Å². The zero-order valence-electron chi connectivity index (χ0n) is 7.25. The van der Waals surface area contributed by atoms with Crippen LogP contribution in [0.3, 0.4) is 0 Å². The van der Waals surface area contributed by atoms with Gasteiger partial charge in [-0.25, -0.2) is 13.6 Å². The van der Waals surface area contributed by atoms with E-state index in [1.165, 1.54) is 0 Å². The molecule has 0 aliphatic rings. The van der Waals surface area contributed by atoms with Crippen LogP contribution in [0.15, 0.2) is 21.5 Å². The molecule has 15 heavy (non-hydrogen) atoms. The van der Waals surface area contributed by atoms with Crippen molar-refractivity contribution in [2.75, 3.05) is 5.73 Å². The molecule has 0 spiro atoms. The second-order valence-electron chi connectivity index (χ2n) is 2.80. The van der Waals surface area contributed by atoms with Crippen LogP contribution in [-0.4, -0.2) is 10.1 Å². The summed E-state index contributed by atoms with van der Waals surface area (Å²) in [6.07, 6.45) is 0. The van der Waals surface area contributed by atoms with E-state index in [4.69, 9.17) is 5.73 Å². The van der Waals surface area contributed by atoms with E-state index in [0.717, 1.165) is 12.1 Å². The number of rotatable bonds is 1. The van der Waals surface area contributed by atoms with E-state index >= 15 is 0 Å². The number of H-pyrrole nitrogens is 1. The molecule has 0 unspecified atom stereocenters. The summed E-state index contributed by atoms with van der Waals surface area (Å²) in [5.74, 6) is -3.04. The Balaban J connectivity index is 2.67. The third kappa shape index (κ3) is 1.58. The maximum Gasteiger partial charge on any atom is 0.439 e. The minimum Gasteiger partial charge on any atom is -0.399 e.